The van der Waals surface area contributed by atoms with E-state index in [-0.39, 0.29) is 11.0 Å². The fraction of sp³-hybridized carbons (Fsp3) is 0.529. The van der Waals surface area contributed by atoms with E-state index in [1.54, 1.807) is 12.1 Å². The third-order valence-corrected chi connectivity index (χ3v) is 5.57. The van der Waals surface area contributed by atoms with Gasteiger partial charge in [-0.2, -0.15) is 4.98 Å². The molecule has 0 amide bonds. The molecule has 2 fully saturated rings. The summed E-state index contributed by atoms with van der Waals surface area (Å²) in [5.74, 6) is 1.87. The Morgan fingerprint density at radius 1 is 1.28 bits per heavy atom. The lowest BCUT2D eigenvalue weighted by molar-refractivity contribution is 0.168. The number of ether oxygens (including phenoxy) is 1. The second kappa shape index (κ2) is 6.33. The van der Waals surface area contributed by atoms with E-state index in [0.717, 1.165) is 44.6 Å². The molecule has 4 rings (SSSR count). The molecule has 1 saturated carbocycles. The standard InChI is InChI=1S/C17H20N3O4S/c1-25(21,22)15-4-2-3-14(11-15)23-13-7-9-20(10-8-13)17-18-16(19-24-17)12-5-6-12/h2-3,11-13H,5-10H2,1H3. The van der Waals surface area contributed by atoms with Gasteiger partial charge < -0.3 is 14.2 Å². The van der Waals surface area contributed by atoms with Crippen molar-refractivity contribution in [1.29, 1.82) is 0 Å². The molecule has 1 aromatic carbocycles. The molecular formula is C17H20N3O4S. The van der Waals surface area contributed by atoms with E-state index < -0.39 is 9.84 Å². The average molecular weight is 362 g/mol. The molecule has 0 atom stereocenters. The van der Waals surface area contributed by atoms with Gasteiger partial charge in [-0.1, -0.05) is 5.16 Å². The number of rotatable bonds is 5. The number of anilines is 1. The van der Waals surface area contributed by atoms with Crippen molar-refractivity contribution in [3.05, 3.63) is 30.1 Å². The zero-order valence-electron chi connectivity index (χ0n) is 14.0. The zero-order valence-corrected chi connectivity index (χ0v) is 14.8. The maximum Gasteiger partial charge on any atom is 0.324 e. The molecule has 133 valence electrons. The van der Waals surface area contributed by atoms with E-state index in [9.17, 15) is 8.42 Å². The van der Waals surface area contributed by atoms with Crippen LogP contribution in [0.25, 0.3) is 0 Å². The molecule has 25 heavy (non-hydrogen) atoms. The summed E-state index contributed by atoms with van der Waals surface area (Å²) in [6.45, 7) is 1.55. The molecule has 7 nitrogen and oxygen atoms in total. The van der Waals surface area contributed by atoms with Gasteiger partial charge in [0, 0.05) is 44.2 Å². The third-order valence-electron chi connectivity index (χ3n) is 4.53. The Morgan fingerprint density at radius 3 is 2.72 bits per heavy atom. The van der Waals surface area contributed by atoms with E-state index in [2.05, 4.69) is 21.1 Å². The lowest BCUT2D eigenvalue weighted by Gasteiger charge is -2.30. The first-order valence-electron chi connectivity index (χ1n) is 8.46. The minimum Gasteiger partial charge on any atom is -0.490 e. The number of nitrogens with zero attached hydrogens (tertiary/aromatic N) is 3. The van der Waals surface area contributed by atoms with Crippen molar-refractivity contribution in [1.82, 2.24) is 10.1 Å². The molecule has 2 aliphatic rings. The van der Waals surface area contributed by atoms with Gasteiger partial charge in [-0.3, -0.25) is 0 Å². The SMILES string of the molecule is CS(=O)(=O)c1[c]ccc(OC2CCN(c3nc(C4CC4)no3)CC2)c1. The van der Waals surface area contributed by atoms with Gasteiger partial charge in [0.05, 0.1) is 4.90 Å². The highest BCUT2D eigenvalue weighted by molar-refractivity contribution is 7.90. The molecule has 0 bridgehead atoms. The van der Waals surface area contributed by atoms with Gasteiger partial charge in [0.15, 0.2) is 15.7 Å². The number of hydrogen-bond acceptors (Lipinski definition) is 7. The molecule has 1 saturated heterocycles. The van der Waals surface area contributed by atoms with Crippen LogP contribution in [0.1, 0.15) is 37.4 Å². The van der Waals surface area contributed by atoms with Crippen molar-refractivity contribution >= 4 is 15.9 Å². The van der Waals surface area contributed by atoms with E-state index in [1.165, 1.54) is 12.3 Å². The van der Waals surface area contributed by atoms with Crippen molar-refractivity contribution in [2.24, 2.45) is 0 Å². The van der Waals surface area contributed by atoms with Crippen molar-refractivity contribution < 1.29 is 17.7 Å². The molecule has 1 radical (unpaired) electrons. The van der Waals surface area contributed by atoms with Gasteiger partial charge in [-0.25, -0.2) is 8.42 Å². The molecule has 0 spiro atoms. The van der Waals surface area contributed by atoms with Gasteiger partial charge in [-0.15, -0.1) is 0 Å². The van der Waals surface area contributed by atoms with Crippen LogP contribution in [0.2, 0.25) is 0 Å². The third kappa shape index (κ3) is 3.78. The number of sulfone groups is 1. The van der Waals surface area contributed by atoms with Crippen molar-refractivity contribution in [2.75, 3.05) is 24.2 Å². The summed E-state index contributed by atoms with van der Waals surface area (Å²) in [4.78, 5) is 6.72. The van der Waals surface area contributed by atoms with Crippen LogP contribution in [-0.2, 0) is 9.84 Å². The number of aromatic nitrogens is 2. The van der Waals surface area contributed by atoms with Crippen LogP contribution in [0.15, 0.2) is 27.6 Å². The topological polar surface area (TPSA) is 85.5 Å². The van der Waals surface area contributed by atoms with Crippen molar-refractivity contribution in [3.63, 3.8) is 0 Å². The predicted molar refractivity (Wildman–Crippen MR) is 90.5 cm³/mol. The summed E-state index contributed by atoms with van der Waals surface area (Å²) in [6.07, 6.45) is 5.14. The van der Waals surface area contributed by atoms with Gasteiger partial charge in [0.1, 0.15) is 11.9 Å². The summed E-state index contributed by atoms with van der Waals surface area (Å²) in [7, 11) is -3.28. The molecule has 1 aromatic heterocycles. The number of piperidine rings is 1. The van der Waals surface area contributed by atoms with Gasteiger partial charge in [0.25, 0.3) is 0 Å². The first kappa shape index (κ1) is 16.4. The van der Waals surface area contributed by atoms with Crippen LogP contribution in [0.3, 0.4) is 0 Å². The molecule has 0 unspecified atom stereocenters. The van der Waals surface area contributed by atoms with Crippen LogP contribution in [0.5, 0.6) is 5.75 Å². The summed E-state index contributed by atoms with van der Waals surface area (Å²) in [5, 5.41) is 4.05. The van der Waals surface area contributed by atoms with Crippen LogP contribution >= 0.6 is 0 Å². The Morgan fingerprint density at radius 2 is 2.04 bits per heavy atom. The second-order valence-corrected chi connectivity index (χ2v) is 8.66. The number of hydrogen-bond donors (Lipinski definition) is 0. The summed E-state index contributed by atoms with van der Waals surface area (Å²) >= 11 is 0. The Kier molecular flexibility index (Phi) is 4.15. The monoisotopic (exact) mass is 362 g/mol. The first-order valence-corrected chi connectivity index (χ1v) is 10.4. The van der Waals surface area contributed by atoms with Crippen molar-refractivity contribution in [3.8, 4) is 5.75 Å². The molecule has 0 N–H and O–H groups in total. The molecule has 1 aliphatic carbocycles. The Hall–Kier alpha value is -2.09. The summed E-state index contributed by atoms with van der Waals surface area (Å²) < 4.78 is 34.5. The smallest absolute Gasteiger partial charge is 0.324 e. The summed E-state index contributed by atoms with van der Waals surface area (Å²) in [5.41, 5.74) is 0. The van der Waals surface area contributed by atoms with Crippen molar-refractivity contribution in [2.45, 2.75) is 42.6 Å². The highest BCUT2D eigenvalue weighted by Crippen LogP contribution is 2.39. The maximum atomic E-state index is 11.6. The van der Waals surface area contributed by atoms with Gasteiger partial charge >= 0.3 is 6.01 Å². The van der Waals surface area contributed by atoms with E-state index >= 15 is 0 Å². The number of benzene rings is 1. The van der Waals surface area contributed by atoms with Crippen LogP contribution < -0.4 is 9.64 Å². The van der Waals surface area contributed by atoms with Gasteiger partial charge in [0.2, 0.25) is 0 Å². The minimum atomic E-state index is -3.28. The zero-order chi connectivity index (χ0) is 17.4. The Balaban J connectivity index is 1.35. The van der Waals surface area contributed by atoms with Gasteiger partial charge in [-0.05, 0) is 31.0 Å². The first-order chi connectivity index (χ1) is 12.0. The molecule has 2 aromatic rings. The highest BCUT2D eigenvalue weighted by Gasteiger charge is 2.31. The van der Waals surface area contributed by atoms with Crippen LogP contribution in [-0.4, -0.2) is 44.0 Å². The fourth-order valence-corrected chi connectivity index (χ4v) is 3.54. The molecule has 2 heterocycles. The summed E-state index contributed by atoms with van der Waals surface area (Å²) in [6, 6.07) is 8.17. The largest absolute Gasteiger partial charge is 0.490 e. The highest BCUT2D eigenvalue weighted by atomic mass is 32.2. The maximum absolute atomic E-state index is 11.6. The van der Waals surface area contributed by atoms with E-state index in [0.29, 0.717) is 17.7 Å². The average Bonchev–Trinajstić information content (AvgIpc) is 3.32. The quantitative estimate of drug-likeness (QED) is 0.806. The van der Waals surface area contributed by atoms with E-state index in [1.807, 2.05) is 0 Å². The predicted octanol–water partition coefficient (Wildman–Crippen LogP) is 2.20. The Bertz CT molecular complexity index is 852. The molecular weight excluding hydrogens is 342 g/mol. The molecule has 1 aliphatic heterocycles. The minimum absolute atomic E-state index is 0.0388. The second-order valence-electron chi connectivity index (χ2n) is 6.67. The molecule has 8 heteroatoms. The lowest BCUT2D eigenvalue weighted by atomic mass is 10.1. The van der Waals surface area contributed by atoms with Crippen LogP contribution in [0, 0.1) is 6.07 Å². The normalized spacial score (nSPS) is 19.2. The Labute approximate surface area is 146 Å². The van der Waals surface area contributed by atoms with Crippen LogP contribution in [0.4, 0.5) is 6.01 Å². The fourth-order valence-electron chi connectivity index (χ4n) is 2.93. The lowest BCUT2D eigenvalue weighted by Crippen LogP contribution is -2.38. The van der Waals surface area contributed by atoms with E-state index in [4.69, 9.17) is 9.26 Å².